The molecule has 6 nitrogen and oxygen atoms in total. The van der Waals surface area contributed by atoms with Gasteiger partial charge in [-0.15, -0.1) is 0 Å². The van der Waals surface area contributed by atoms with Gasteiger partial charge >= 0.3 is 12.1 Å². The number of rotatable bonds is 1. The summed E-state index contributed by atoms with van der Waals surface area (Å²) in [5.74, 6) is -1.18. The Balaban J connectivity index is 2.65. The summed E-state index contributed by atoms with van der Waals surface area (Å²) >= 11 is 0. The second-order valence-electron chi connectivity index (χ2n) is 2.11. The molecule has 0 saturated carbocycles. The Morgan fingerprint density at radius 2 is 2.09 bits per heavy atom. The minimum absolute atomic E-state index is 0.0678. The van der Waals surface area contributed by atoms with Crippen LogP contribution in [0.4, 0.5) is 4.79 Å². The fourth-order valence-electron chi connectivity index (χ4n) is 0.836. The van der Waals surface area contributed by atoms with Crippen LogP contribution in [0, 0.1) is 0 Å². The summed E-state index contributed by atoms with van der Waals surface area (Å²) in [6.45, 7) is -0.228. The fraction of sp³-hybridized carbons (Fsp3) is 0.600. The molecular formula is C5H7NO5. The van der Waals surface area contributed by atoms with Gasteiger partial charge in [0.05, 0.1) is 6.61 Å². The monoisotopic (exact) mass is 161 g/mol. The van der Waals surface area contributed by atoms with Crippen LogP contribution in [0.1, 0.15) is 0 Å². The van der Waals surface area contributed by atoms with Crippen molar-refractivity contribution in [2.45, 2.75) is 6.04 Å². The average molecular weight is 161 g/mol. The van der Waals surface area contributed by atoms with E-state index in [0.29, 0.717) is 0 Å². The highest BCUT2D eigenvalue weighted by atomic mass is 16.5. The van der Waals surface area contributed by atoms with Gasteiger partial charge in [0.15, 0.2) is 6.04 Å². The maximum absolute atomic E-state index is 10.3. The van der Waals surface area contributed by atoms with E-state index in [-0.39, 0.29) is 13.3 Å². The van der Waals surface area contributed by atoms with Gasteiger partial charge in [0.25, 0.3) is 0 Å². The maximum atomic E-state index is 10.3. The number of ether oxygens (including phenoxy) is 1. The van der Waals surface area contributed by atoms with Crippen LogP contribution in [0.3, 0.4) is 0 Å². The predicted molar refractivity (Wildman–Crippen MR) is 32.1 cm³/mol. The maximum Gasteiger partial charge on any atom is 0.409 e. The van der Waals surface area contributed by atoms with E-state index < -0.39 is 18.1 Å². The lowest BCUT2D eigenvalue weighted by Gasteiger charge is -2.13. The summed E-state index contributed by atoms with van der Waals surface area (Å²) < 4.78 is 4.66. The Bertz CT molecular complexity index is 171. The Hall–Kier alpha value is -1.30. The van der Waals surface area contributed by atoms with Crippen LogP contribution < -0.4 is 0 Å². The normalized spacial score (nSPS) is 23.6. The molecule has 0 aromatic heterocycles. The van der Waals surface area contributed by atoms with Gasteiger partial charge in [-0.3, -0.25) is 4.90 Å². The largest absolute Gasteiger partial charge is 0.480 e. The first-order valence-electron chi connectivity index (χ1n) is 2.93. The van der Waals surface area contributed by atoms with Crippen molar-refractivity contribution in [3.8, 4) is 0 Å². The van der Waals surface area contributed by atoms with Crippen molar-refractivity contribution < 1.29 is 24.5 Å². The molecule has 0 aromatic rings. The molecule has 1 rings (SSSR count). The summed E-state index contributed by atoms with van der Waals surface area (Å²) in [4.78, 5) is 21.4. The van der Waals surface area contributed by atoms with Crippen LogP contribution >= 0.6 is 0 Å². The molecule has 2 N–H and O–H groups in total. The molecule has 1 amide bonds. The molecule has 0 unspecified atom stereocenters. The first-order chi connectivity index (χ1) is 5.13. The molecule has 62 valence electrons. The van der Waals surface area contributed by atoms with E-state index in [1.165, 1.54) is 0 Å². The first-order valence-corrected chi connectivity index (χ1v) is 2.93. The predicted octanol–water partition coefficient (Wildman–Crippen LogP) is -0.593. The molecule has 1 aliphatic rings. The number of amides is 1. The molecule has 0 radical (unpaired) electrons. The van der Waals surface area contributed by atoms with Crippen molar-refractivity contribution in [3.05, 3.63) is 0 Å². The minimum Gasteiger partial charge on any atom is -0.480 e. The van der Waals surface area contributed by atoms with Crippen LogP contribution in [0.25, 0.3) is 0 Å². The Morgan fingerprint density at radius 3 is 2.45 bits per heavy atom. The van der Waals surface area contributed by atoms with Crippen LogP contribution in [0.2, 0.25) is 0 Å². The molecule has 0 bridgehead atoms. The molecule has 6 heteroatoms. The van der Waals surface area contributed by atoms with Crippen LogP contribution in [-0.4, -0.2) is 46.6 Å². The van der Waals surface area contributed by atoms with E-state index in [1.807, 2.05) is 0 Å². The number of carboxylic acid groups (broad SMARTS) is 2. The molecular weight excluding hydrogens is 154 g/mol. The quantitative estimate of drug-likeness (QED) is 0.536. The molecule has 1 saturated heterocycles. The van der Waals surface area contributed by atoms with E-state index in [0.717, 1.165) is 4.90 Å². The topological polar surface area (TPSA) is 87.1 Å². The van der Waals surface area contributed by atoms with Crippen LogP contribution in [0.5, 0.6) is 0 Å². The number of aliphatic carboxylic acids is 1. The van der Waals surface area contributed by atoms with Gasteiger partial charge in [0.2, 0.25) is 0 Å². The highest BCUT2D eigenvalue weighted by Crippen LogP contribution is 2.08. The average Bonchev–Trinajstić information content (AvgIpc) is 2.32. The van der Waals surface area contributed by atoms with Crippen molar-refractivity contribution in [1.82, 2.24) is 4.90 Å². The first kappa shape index (κ1) is 7.80. The summed E-state index contributed by atoms with van der Waals surface area (Å²) in [7, 11) is 0. The van der Waals surface area contributed by atoms with Gasteiger partial charge in [-0.25, -0.2) is 9.59 Å². The van der Waals surface area contributed by atoms with E-state index in [2.05, 4.69) is 4.74 Å². The zero-order valence-corrected chi connectivity index (χ0v) is 5.56. The molecule has 1 atom stereocenters. The van der Waals surface area contributed by atoms with E-state index in [1.54, 1.807) is 0 Å². The van der Waals surface area contributed by atoms with Gasteiger partial charge in [-0.2, -0.15) is 0 Å². The van der Waals surface area contributed by atoms with Gasteiger partial charge in [-0.05, 0) is 0 Å². The van der Waals surface area contributed by atoms with Gasteiger partial charge in [-0.1, -0.05) is 0 Å². The molecule has 1 aliphatic heterocycles. The van der Waals surface area contributed by atoms with Gasteiger partial charge in [0, 0.05) is 0 Å². The zero-order valence-electron chi connectivity index (χ0n) is 5.56. The summed E-state index contributed by atoms with van der Waals surface area (Å²) in [5.41, 5.74) is 0. The Kier molecular flexibility index (Phi) is 1.95. The summed E-state index contributed by atoms with van der Waals surface area (Å²) in [6, 6.07) is -1.05. The lowest BCUT2D eigenvalue weighted by atomic mass is 10.3. The second kappa shape index (κ2) is 2.75. The van der Waals surface area contributed by atoms with Crippen molar-refractivity contribution in [3.63, 3.8) is 0 Å². The van der Waals surface area contributed by atoms with E-state index >= 15 is 0 Å². The third-order valence-corrected chi connectivity index (χ3v) is 1.41. The summed E-state index contributed by atoms with van der Waals surface area (Å²) in [5, 5.41) is 16.9. The molecule has 0 spiro atoms. The van der Waals surface area contributed by atoms with Crippen molar-refractivity contribution in [1.29, 1.82) is 0 Å². The zero-order chi connectivity index (χ0) is 8.43. The molecule has 1 fully saturated rings. The summed E-state index contributed by atoms with van der Waals surface area (Å²) in [6.07, 6.45) is -1.27. The molecule has 0 aromatic carbocycles. The number of carbonyl (C=O) groups is 2. The number of carboxylic acids is 1. The molecule has 11 heavy (non-hydrogen) atoms. The number of hydrogen-bond acceptors (Lipinski definition) is 3. The van der Waals surface area contributed by atoms with Crippen molar-refractivity contribution >= 4 is 12.1 Å². The van der Waals surface area contributed by atoms with E-state index in [9.17, 15) is 9.59 Å². The van der Waals surface area contributed by atoms with Crippen LogP contribution in [-0.2, 0) is 9.53 Å². The lowest BCUT2D eigenvalue weighted by molar-refractivity contribution is -0.141. The van der Waals surface area contributed by atoms with Crippen molar-refractivity contribution in [2.24, 2.45) is 0 Å². The lowest BCUT2D eigenvalue weighted by Crippen LogP contribution is -2.40. The molecule has 0 aliphatic carbocycles. The minimum atomic E-state index is -1.27. The third kappa shape index (κ3) is 1.40. The second-order valence-corrected chi connectivity index (χ2v) is 2.11. The third-order valence-electron chi connectivity index (χ3n) is 1.41. The highest BCUT2D eigenvalue weighted by Gasteiger charge is 2.34. The standard InChI is InChI=1S/C5H7NO5/c7-4(8)3-1-11-2-6(3)5(9)10/h3H,1-2H2,(H,7,8)(H,9,10)/t3-/m1/s1. The molecule has 1 heterocycles. The SMILES string of the molecule is O=C(O)[C@H]1COCN1C(=O)O. The fourth-order valence-corrected chi connectivity index (χ4v) is 0.836. The van der Waals surface area contributed by atoms with Gasteiger partial charge < -0.3 is 14.9 Å². The Morgan fingerprint density at radius 1 is 1.45 bits per heavy atom. The van der Waals surface area contributed by atoms with Crippen molar-refractivity contribution in [2.75, 3.05) is 13.3 Å². The smallest absolute Gasteiger partial charge is 0.409 e. The number of hydrogen-bond donors (Lipinski definition) is 2. The van der Waals surface area contributed by atoms with Gasteiger partial charge in [0.1, 0.15) is 6.73 Å². The highest BCUT2D eigenvalue weighted by molar-refractivity contribution is 5.79. The number of nitrogens with zero attached hydrogens (tertiary/aromatic N) is 1. The van der Waals surface area contributed by atoms with E-state index in [4.69, 9.17) is 10.2 Å². The van der Waals surface area contributed by atoms with Crippen LogP contribution in [0.15, 0.2) is 0 Å². The Labute approximate surface area is 62.0 Å².